The fourth-order valence-corrected chi connectivity index (χ4v) is 3.57. The maximum absolute atomic E-state index is 5.64. The zero-order chi connectivity index (χ0) is 20.5. The SMILES string of the molecule is COc1cccc(-c2nc3cnccn3c2NCc2ccc3c(c2)OCO3)c1OC. The molecule has 0 unspecified atom stereocenters. The minimum absolute atomic E-state index is 0.256. The average molecular weight is 404 g/mol. The smallest absolute Gasteiger partial charge is 0.231 e. The van der Waals surface area contributed by atoms with Crippen LogP contribution in [0.2, 0.25) is 0 Å². The van der Waals surface area contributed by atoms with Crippen molar-refractivity contribution in [2.45, 2.75) is 6.54 Å². The van der Waals surface area contributed by atoms with Crippen LogP contribution in [-0.2, 0) is 6.54 Å². The second kappa shape index (κ2) is 7.47. The van der Waals surface area contributed by atoms with E-state index in [1.807, 2.05) is 47.0 Å². The van der Waals surface area contributed by atoms with Gasteiger partial charge in [0.25, 0.3) is 0 Å². The Hall–Kier alpha value is -3.94. The molecule has 30 heavy (non-hydrogen) atoms. The Kier molecular flexibility index (Phi) is 4.51. The monoisotopic (exact) mass is 404 g/mol. The van der Waals surface area contributed by atoms with Crippen molar-refractivity contribution in [1.29, 1.82) is 0 Å². The molecule has 0 aliphatic carbocycles. The molecule has 0 saturated carbocycles. The molecular weight excluding hydrogens is 384 g/mol. The normalized spacial score (nSPS) is 12.2. The number of imidazole rings is 1. The Bertz CT molecular complexity index is 1220. The molecule has 0 amide bonds. The quantitative estimate of drug-likeness (QED) is 0.524. The third kappa shape index (κ3) is 3.02. The van der Waals surface area contributed by atoms with Gasteiger partial charge in [-0.1, -0.05) is 12.1 Å². The number of methoxy groups -OCH3 is 2. The number of fused-ring (bicyclic) bond motifs is 2. The zero-order valence-electron chi connectivity index (χ0n) is 16.6. The fraction of sp³-hybridized carbons (Fsp3) is 0.182. The van der Waals surface area contributed by atoms with Gasteiger partial charge in [-0.15, -0.1) is 0 Å². The van der Waals surface area contributed by atoms with Crippen LogP contribution in [0.15, 0.2) is 55.0 Å². The average Bonchev–Trinajstić information content (AvgIpc) is 3.41. The molecule has 8 heteroatoms. The van der Waals surface area contributed by atoms with Gasteiger partial charge >= 0.3 is 0 Å². The molecule has 0 saturated heterocycles. The molecule has 8 nitrogen and oxygen atoms in total. The van der Waals surface area contributed by atoms with Crippen LogP contribution >= 0.6 is 0 Å². The highest BCUT2D eigenvalue weighted by atomic mass is 16.7. The van der Waals surface area contributed by atoms with E-state index in [-0.39, 0.29) is 6.79 Å². The largest absolute Gasteiger partial charge is 0.493 e. The lowest BCUT2D eigenvalue weighted by Crippen LogP contribution is -2.04. The summed E-state index contributed by atoms with van der Waals surface area (Å²) in [7, 11) is 3.24. The van der Waals surface area contributed by atoms with E-state index in [1.165, 1.54) is 0 Å². The van der Waals surface area contributed by atoms with Crippen molar-refractivity contribution in [1.82, 2.24) is 14.4 Å². The minimum Gasteiger partial charge on any atom is -0.493 e. The number of anilines is 1. The van der Waals surface area contributed by atoms with Crippen LogP contribution in [0.5, 0.6) is 23.0 Å². The van der Waals surface area contributed by atoms with Crippen molar-refractivity contribution in [2.75, 3.05) is 26.3 Å². The van der Waals surface area contributed by atoms with E-state index in [9.17, 15) is 0 Å². The van der Waals surface area contributed by atoms with Gasteiger partial charge in [-0.25, -0.2) is 4.98 Å². The van der Waals surface area contributed by atoms with Gasteiger partial charge in [-0.3, -0.25) is 9.38 Å². The first-order chi connectivity index (χ1) is 14.8. The van der Waals surface area contributed by atoms with Crippen LogP contribution in [0, 0.1) is 0 Å². The number of hydrogen-bond donors (Lipinski definition) is 1. The predicted molar refractivity (Wildman–Crippen MR) is 111 cm³/mol. The van der Waals surface area contributed by atoms with Crippen molar-refractivity contribution in [2.24, 2.45) is 0 Å². The standard InChI is InChI=1S/C22H20N4O4/c1-27-17-5-3-4-15(21(17)28-2)20-22(26-9-8-23-12-19(26)25-20)24-11-14-6-7-16-18(10-14)30-13-29-16/h3-10,12,24H,11,13H2,1-2H3. The summed E-state index contributed by atoms with van der Waals surface area (Å²) in [4.78, 5) is 8.99. The van der Waals surface area contributed by atoms with Crippen molar-refractivity contribution in [3.8, 4) is 34.3 Å². The number of para-hydroxylation sites is 1. The molecule has 5 rings (SSSR count). The molecule has 2 aromatic heterocycles. The van der Waals surface area contributed by atoms with Gasteiger partial charge in [0.1, 0.15) is 11.5 Å². The molecule has 0 atom stereocenters. The highest BCUT2D eigenvalue weighted by Crippen LogP contribution is 2.41. The summed E-state index contributed by atoms with van der Waals surface area (Å²) in [5.74, 6) is 3.62. The first-order valence-corrected chi connectivity index (χ1v) is 9.44. The van der Waals surface area contributed by atoms with Gasteiger partial charge in [0.15, 0.2) is 28.6 Å². The van der Waals surface area contributed by atoms with E-state index in [0.29, 0.717) is 18.0 Å². The minimum atomic E-state index is 0.256. The van der Waals surface area contributed by atoms with E-state index >= 15 is 0 Å². The summed E-state index contributed by atoms with van der Waals surface area (Å²) in [6, 6.07) is 11.6. The fourth-order valence-electron chi connectivity index (χ4n) is 3.57. The number of rotatable bonds is 6. The first kappa shape index (κ1) is 18.1. The van der Waals surface area contributed by atoms with Crippen molar-refractivity contribution >= 4 is 11.5 Å². The number of nitrogens with one attached hydrogen (secondary N) is 1. The molecule has 0 fully saturated rings. The summed E-state index contributed by atoms with van der Waals surface area (Å²) < 4.78 is 24.0. The number of nitrogens with zero attached hydrogens (tertiary/aromatic N) is 3. The molecule has 3 heterocycles. The second-order valence-corrected chi connectivity index (χ2v) is 6.70. The highest BCUT2D eigenvalue weighted by molar-refractivity contribution is 5.82. The number of ether oxygens (including phenoxy) is 4. The zero-order valence-corrected chi connectivity index (χ0v) is 16.6. The molecule has 4 aromatic rings. The summed E-state index contributed by atoms with van der Waals surface area (Å²) >= 11 is 0. The molecule has 1 aliphatic heterocycles. The van der Waals surface area contributed by atoms with Gasteiger partial charge in [-0.2, -0.15) is 0 Å². The van der Waals surface area contributed by atoms with Gasteiger partial charge in [-0.05, 0) is 29.8 Å². The summed E-state index contributed by atoms with van der Waals surface area (Å²) in [5.41, 5.74) is 3.37. The van der Waals surface area contributed by atoms with E-state index in [1.54, 1.807) is 26.6 Å². The molecule has 1 aliphatic rings. The van der Waals surface area contributed by atoms with Crippen LogP contribution in [0.4, 0.5) is 5.82 Å². The number of hydrogen-bond acceptors (Lipinski definition) is 7. The maximum atomic E-state index is 5.64. The molecule has 152 valence electrons. The third-order valence-electron chi connectivity index (χ3n) is 4.99. The highest BCUT2D eigenvalue weighted by Gasteiger charge is 2.20. The Morgan fingerprint density at radius 3 is 2.87 bits per heavy atom. The topological polar surface area (TPSA) is 79.1 Å². The van der Waals surface area contributed by atoms with Crippen LogP contribution < -0.4 is 24.3 Å². The molecule has 2 aromatic carbocycles. The Balaban J connectivity index is 1.57. The summed E-state index contributed by atoms with van der Waals surface area (Å²) in [6.07, 6.45) is 5.33. The molecule has 0 bridgehead atoms. The van der Waals surface area contributed by atoms with E-state index in [2.05, 4.69) is 10.3 Å². The summed E-state index contributed by atoms with van der Waals surface area (Å²) in [6.45, 7) is 0.832. The van der Waals surface area contributed by atoms with Crippen LogP contribution in [0.1, 0.15) is 5.56 Å². The van der Waals surface area contributed by atoms with Crippen LogP contribution in [0.3, 0.4) is 0 Å². The molecular formula is C22H20N4O4. The predicted octanol–water partition coefficient (Wildman–Crippen LogP) is 3.75. The number of benzene rings is 2. The lowest BCUT2D eigenvalue weighted by molar-refractivity contribution is 0.174. The Morgan fingerprint density at radius 1 is 1.10 bits per heavy atom. The van der Waals surface area contributed by atoms with E-state index in [0.717, 1.165) is 39.8 Å². The van der Waals surface area contributed by atoms with Gasteiger partial charge in [0.2, 0.25) is 6.79 Å². The van der Waals surface area contributed by atoms with Crippen molar-refractivity contribution in [3.63, 3.8) is 0 Å². The van der Waals surface area contributed by atoms with Crippen LogP contribution in [-0.4, -0.2) is 35.4 Å². The maximum Gasteiger partial charge on any atom is 0.231 e. The summed E-state index contributed by atoms with van der Waals surface area (Å²) in [5, 5.41) is 3.51. The first-order valence-electron chi connectivity index (χ1n) is 9.44. The van der Waals surface area contributed by atoms with Crippen molar-refractivity contribution < 1.29 is 18.9 Å². The molecule has 0 spiro atoms. The number of aromatic nitrogens is 3. The van der Waals surface area contributed by atoms with E-state index in [4.69, 9.17) is 23.9 Å². The van der Waals surface area contributed by atoms with E-state index < -0.39 is 0 Å². The van der Waals surface area contributed by atoms with Gasteiger partial charge < -0.3 is 24.3 Å². The third-order valence-corrected chi connectivity index (χ3v) is 4.99. The lowest BCUT2D eigenvalue weighted by Gasteiger charge is -2.13. The van der Waals surface area contributed by atoms with Gasteiger partial charge in [0.05, 0.1) is 20.4 Å². The van der Waals surface area contributed by atoms with Gasteiger partial charge in [0, 0.05) is 24.5 Å². The molecule has 0 radical (unpaired) electrons. The Morgan fingerprint density at radius 2 is 2.00 bits per heavy atom. The molecule has 1 N–H and O–H groups in total. The lowest BCUT2D eigenvalue weighted by atomic mass is 10.1. The van der Waals surface area contributed by atoms with Crippen molar-refractivity contribution in [3.05, 3.63) is 60.6 Å². The second-order valence-electron chi connectivity index (χ2n) is 6.70. The van der Waals surface area contributed by atoms with Crippen LogP contribution in [0.25, 0.3) is 16.9 Å². The Labute approximate surface area is 173 Å².